The van der Waals surface area contributed by atoms with E-state index in [1.807, 2.05) is 0 Å². The predicted octanol–water partition coefficient (Wildman–Crippen LogP) is 5.08. The Balaban J connectivity index is 4.91. The molecule has 0 aromatic heterocycles. The van der Waals surface area contributed by atoms with Gasteiger partial charge in [-0.3, -0.25) is 9.59 Å². The molecule has 0 heterocycles. The SMILES string of the molecule is CCC(CC)(CCNC(=O)CCC(C)C)OCC(CC)(CC)C(=O)NCC(C)C. The van der Waals surface area contributed by atoms with E-state index in [1.54, 1.807) is 0 Å². The average molecular weight is 413 g/mol. The minimum absolute atomic E-state index is 0.0966. The van der Waals surface area contributed by atoms with Crippen LogP contribution in [-0.4, -0.2) is 37.1 Å². The molecule has 0 aliphatic rings. The van der Waals surface area contributed by atoms with Crippen LogP contribution >= 0.6 is 0 Å². The van der Waals surface area contributed by atoms with Crippen molar-refractivity contribution >= 4 is 11.8 Å². The third-order valence-electron chi connectivity index (χ3n) is 6.30. The molecule has 0 aliphatic heterocycles. The van der Waals surface area contributed by atoms with Gasteiger partial charge < -0.3 is 15.4 Å². The maximum atomic E-state index is 12.9. The first-order valence-electron chi connectivity index (χ1n) is 11.8. The van der Waals surface area contributed by atoms with Crippen LogP contribution in [0.5, 0.6) is 0 Å². The molecule has 29 heavy (non-hydrogen) atoms. The Hall–Kier alpha value is -1.10. The summed E-state index contributed by atoms with van der Waals surface area (Å²) in [4.78, 5) is 24.9. The smallest absolute Gasteiger partial charge is 0.228 e. The first-order chi connectivity index (χ1) is 13.6. The number of nitrogens with one attached hydrogen (secondary N) is 2. The molecule has 5 nitrogen and oxygen atoms in total. The van der Waals surface area contributed by atoms with Gasteiger partial charge in [0.05, 0.1) is 17.6 Å². The summed E-state index contributed by atoms with van der Waals surface area (Å²) in [6, 6.07) is 0. The van der Waals surface area contributed by atoms with E-state index in [9.17, 15) is 9.59 Å². The van der Waals surface area contributed by atoms with Gasteiger partial charge >= 0.3 is 0 Å². The fourth-order valence-corrected chi connectivity index (χ4v) is 3.43. The van der Waals surface area contributed by atoms with Crippen molar-refractivity contribution in [2.75, 3.05) is 19.7 Å². The molecule has 172 valence electrons. The quantitative estimate of drug-likeness (QED) is 0.371. The fraction of sp³-hybridized carbons (Fsp3) is 0.917. The van der Waals surface area contributed by atoms with E-state index < -0.39 is 5.41 Å². The van der Waals surface area contributed by atoms with Crippen molar-refractivity contribution in [3.8, 4) is 0 Å². The van der Waals surface area contributed by atoms with Crippen molar-refractivity contribution in [2.45, 2.75) is 106 Å². The summed E-state index contributed by atoms with van der Waals surface area (Å²) in [5, 5.41) is 6.15. The zero-order chi connectivity index (χ0) is 22.5. The summed E-state index contributed by atoms with van der Waals surface area (Å²) in [5.74, 6) is 1.17. The van der Waals surface area contributed by atoms with Crippen molar-refractivity contribution in [3.05, 3.63) is 0 Å². The maximum Gasteiger partial charge on any atom is 0.228 e. The zero-order valence-corrected chi connectivity index (χ0v) is 20.5. The topological polar surface area (TPSA) is 67.4 Å². The van der Waals surface area contributed by atoms with Gasteiger partial charge in [0.25, 0.3) is 0 Å². The molecule has 0 aromatic rings. The molecule has 0 aromatic carbocycles. The predicted molar refractivity (Wildman–Crippen MR) is 122 cm³/mol. The Labute approximate surface area is 180 Å². The van der Waals surface area contributed by atoms with Crippen LogP contribution in [0.3, 0.4) is 0 Å². The lowest BCUT2D eigenvalue weighted by Gasteiger charge is -2.38. The normalized spacial score (nSPS) is 12.5. The van der Waals surface area contributed by atoms with Gasteiger partial charge in [-0.1, -0.05) is 55.4 Å². The van der Waals surface area contributed by atoms with Gasteiger partial charge in [0.2, 0.25) is 11.8 Å². The first kappa shape index (κ1) is 27.9. The molecule has 2 N–H and O–H groups in total. The van der Waals surface area contributed by atoms with E-state index >= 15 is 0 Å². The highest BCUT2D eigenvalue weighted by atomic mass is 16.5. The minimum Gasteiger partial charge on any atom is -0.374 e. The number of rotatable bonds is 16. The van der Waals surface area contributed by atoms with Crippen molar-refractivity contribution < 1.29 is 14.3 Å². The fourth-order valence-electron chi connectivity index (χ4n) is 3.43. The van der Waals surface area contributed by atoms with Crippen LogP contribution in [0.25, 0.3) is 0 Å². The Kier molecular flexibility index (Phi) is 13.5. The molecule has 0 saturated carbocycles. The van der Waals surface area contributed by atoms with E-state index in [1.165, 1.54) is 0 Å². The van der Waals surface area contributed by atoms with Crippen molar-refractivity contribution in [3.63, 3.8) is 0 Å². The van der Waals surface area contributed by atoms with Crippen LogP contribution in [0.4, 0.5) is 0 Å². The highest BCUT2D eigenvalue weighted by molar-refractivity contribution is 5.82. The molecular weight excluding hydrogens is 364 g/mol. The number of carbonyl (C=O) groups is 2. The van der Waals surface area contributed by atoms with E-state index in [2.05, 4.69) is 66.0 Å². The Morgan fingerprint density at radius 3 is 1.90 bits per heavy atom. The lowest BCUT2D eigenvalue weighted by molar-refractivity contribution is -0.144. The van der Waals surface area contributed by atoms with Crippen LogP contribution in [0.1, 0.15) is 100 Å². The molecular formula is C24H48N2O3. The molecule has 5 heteroatoms. The van der Waals surface area contributed by atoms with Crippen LogP contribution in [0, 0.1) is 17.3 Å². The van der Waals surface area contributed by atoms with Gasteiger partial charge in [0.1, 0.15) is 0 Å². The van der Waals surface area contributed by atoms with Gasteiger partial charge in [-0.25, -0.2) is 0 Å². The first-order valence-corrected chi connectivity index (χ1v) is 11.8. The van der Waals surface area contributed by atoms with Gasteiger partial charge in [-0.15, -0.1) is 0 Å². The highest BCUT2D eigenvalue weighted by Crippen LogP contribution is 2.32. The van der Waals surface area contributed by atoms with Gasteiger partial charge in [0, 0.05) is 19.5 Å². The summed E-state index contributed by atoms with van der Waals surface area (Å²) >= 11 is 0. The Bertz CT molecular complexity index is 467. The third kappa shape index (κ3) is 9.97. The summed E-state index contributed by atoms with van der Waals surface area (Å²) in [5.41, 5.74) is -0.801. The van der Waals surface area contributed by atoms with Crippen LogP contribution in [-0.2, 0) is 14.3 Å². The number of hydrogen-bond donors (Lipinski definition) is 2. The van der Waals surface area contributed by atoms with Crippen LogP contribution in [0.15, 0.2) is 0 Å². The summed E-state index contributed by atoms with van der Waals surface area (Å²) in [7, 11) is 0. The molecule has 0 rings (SSSR count). The van der Waals surface area contributed by atoms with Gasteiger partial charge in [-0.2, -0.15) is 0 Å². The van der Waals surface area contributed by atoms with Crippen molar-refractivity contribution in [1.29, 1.82) is 0 Å². The molecule has 0 saturated heterocycles. The molecule has 0 unspecified atom stereocenters. The van der Waals surface area contributed by atoms with Crippen LogP contribution in [0.2, 0.25) is 0 Å². The monoisotopic (exact) mass is 412 g/mol. The van der Waals surface area contributed by atoms with E-state index in [-0.39, 0.29) is 17.4 Å². The molecule has 0 spiro atoms. The minimum atomic E-state index is -0.495. The second-order valence-corrected chi connectivity index (χ2v) is 9.30. The largest absolute Gasteiger partial charge is 0.374 e. The summed E-state index contributed by atoms with van der Waals surface area (Å²) in [6.45, 7) is 18.6. The average Bonchev–Trinajstić information content (AvgIpc) is 2.70. The zero-order valence-electron chi connectivity index (χ0n) is 20.5. The second-order valence-electron chi connectivity index (χ2n) is 9.30. The molecule has 2 amide bonds. The van der Waals surface area contributed by atoms with E-state index in [0.717, 1.165) is 38.5 Å². The number of carbonyl (C=O) groups excluding carboxylic acids is 2. The molecule has 0 aliphatic carbocycles. The highest BCUT2D eigenvalue weighted by Gasteiger charge is 2.38. The Morgan fingerprint density at radius 1 is 0.862 bits per heavy atom. The number of hydrogen-bond acceptors (Lipinski definition) is 3. The van der Waals surface area contributed by atoms with Gasteiger partial charge in [-0.05, 0) is 50.4 Å². The molecule has 0 atom stereocenters. The number of ether oxygens (including phenoxy) is 1. The molecule has 0 fully saturated rings. The Morgan fingerprint density at radius 2 is 1.45 bits per heavy atom. The lowest BCUT2D eigenvalue weighted by atomic mass is 9.81. The van der Waals surface area contributed by atoms with Crippen molar-refractivity contribution in [1.82, 2.24) is 10.6 Å². The maximum absolute atomic E-state index is 12.9. The number of amides is 2. The summed E-state index contributed by atoms with van der Waals surface area (Å²) < 4.78 is 6.47. The third-order valence-corrected chi connectivity index (χ3v) is 6.30. The van der Waals surface area contributed by atoms with E-state index in [4.69, 9.17) is 4.74 Å². The lowest BCUT2D eigenvalue weighted by Crippen LogP contribution is -2.47. The van der Waals surface area contributed by atoms with Gasteiger partial charge in [0.15, 0.2) is 0 Å². The van der Waals surface area contributed by atoms with E-state index in [0.29, 0.717) is 38.0 Å². The standard InChI is InChI=1S/C24H48N2O3/c1-9-23(10-2,22(28)26-17-20(7)8)18-29-24(11-3,12-4)15-16-25-21(27)14-13-19(5)6/h19-20H,9-18H2,1-8H3,(H,25,27)(H,26,28). The van der Waals surface area contributed by atoms with Crippen molar-refractivity contribution in [2.24, 2.45) is 17.3 Å². The summed E-state index contributed by atoms with van der Waals surface area (Å²) in [6.07, 6.45) is 5.49. The van der Waals surface area contributed by atoms with Crippen LogP contribution < -0.4 is 10.6 Å². The molecule has 0 radical (unpaired) electrons. The second kappa shape index (κ2) is 14.0. The molecule has 0 bridgehead atoms.